The summed E-state index contributed by atoms with van der Waals surface area (Å²) in [6, 6.07) is 7.92. The Morgan fingerprint density at radius 2 is 2.12 bits per heavy atom. The topological polar surface area (TPSA) is 41.1 Å². The molecule has 0 heterocycles. The first-order chi connectivity index (χ1) is 8.25. The highest BCUT2D eigenvalue weighted by Crippen LogP contribution is 2.27. The van der Waals surface area contributed by atoms with Gasteiger partial charge < -0.3 is 10.6 Å². The zero-order valence-corrected chi connectivity index (χ0v) is 11.3. The highest BCUT2D eigenvalue weighted by Gasteiger charge is 2.20. The van der Waals surface area contributed by atoms with Gasteiger partial charge in [-0.3, -0.25) is 4.79 Å². The Bertz CT molecular complexity index is 391. The molecule has 1 aromatic rings. The molecule has 0 atom stereocenters. The third-order valence-corrected chi connectivity index (χ3v) is 3.62. The minimum atomic E-state index is 0.0569. The van der Waals surface area contributed by atoms with Crippen molar-refractivity contribution >= 4 is 21.8 Å². The second-order valence-corrected chi connectivity index (χ2v) is 5.30. The van der Waals surface area contributed by atoms with Crippen LogP contribution >= 0.6 is 15.9 Å². The molecule has 1 aliphatic carbocycles. The van der Waals surface area contributed by atoms with Crippen LogP contribution in [0.25, 0.3) is 0 Å². The lowest BCUT2D eigenvalue weighted by Crippen LogP contribution is -2.34. The average molecular weight is 297 g/mol. The number of hydrogen-bond donors (Lipinski definition) is 2. The van der Waals surface area contributed by atoms with E-state index in [1.165, 1.54) is 12.8 Å². The quantitative estimate of drug-likeness (QED) is 0.844. The lowest BCUT2D eigenvalue weighted by Gasteiger charge is -2.07. The molecule has 1 aliphatic rings. The third-order valence-electron chi connectivity index (χ3n) is 2.85. The van der Waals surface area contributed by atoms with Gasteiger partial charge >= 0.3 is 0 Å². The van der Waals surface area contributed by atoms with Gasteiger partial charge in [-0.05, 0) is 36.9 Å². The number of halogens is 1. The van der Waals surface area contributed by atoms with Crippen molar-refractivity contribution in [3.05, 3.63) is 34.3 Å². The predicted molar refractivity (Wildman–Crippen MR) is 71.6 cm³/mol. The van der Waals surface area contributed by atoms with Crippen molar-refractivity contribution in [1.82, 2.24) is 10.6 Å². The van der Waals surface area contributed by atoms with E-state index in [4.69, 9.17) is 0 Å². The van der Waals surface area contributed by atoms with Crippen LogP contribution < -0.4 is 10.6 Å². The van der Waals surface area contributed by atoms with Crippen LogP contribution in [0.2, 0.25) is 0 Å². The van der Waals surface area contributed by atoms with Gasteiger partial charge in [-0.1, -0.05) is 34.1 Å². The first kappa shape index (κ1) is 12.6. The number of hydrogen-bond acceptors (Lipinski definition) is 2. The molecular formula is C13H17BrN2O. The van der Waals surface area contributed by atoms with Gasteiger partial charge in [-0.25, -0.2) is 0 Å². The SMILES string of the molecule is O=C(CNCC1CC1)NCc1ccccc1Br. The first-order valence-electron chi connectivity index (χ1n) is 5.96. The van der Waals surface area contributed by atoms with Crippen LogP contribution in [0.15, 0.2) is 28.7 Å². The van der Waals surface area contributed by atoms with Crippen molar-refractivity contribution in [3.8, 4) is 0 Å². The van der Waals surface area contributed by atoms with Crippen molar-refractivity contribution in [2.45, 2.75) is 19.4 Å². The Morgan fingerprint density at radius 1 is 1.35 bits per heavy atom. The average Bonchev–Trinajstić information content (AvgIpc) is 3.12. The molecule has 2 N–H and O–H groups in total. The Kier molecular flexibility index (Phi) is 4.57. The summed E-state index contributed by atoms with van der Waals surface area (Å²) in [5.41, 5.74) is 1.10. The Hall–Kier alpha value is -0.870. The van der Waals surface area contributed by atoms with E-state index in [0.29, 0.717) is 13.1 Å². The lowest BCUT2D eigenvalue weighted by molar-refractivity contribution is -0.120. The van der Waals surface area contributed by atoms with Crippen LogP contribution in [0.3, 0.4) is 0 Å². The van der Waals surface area contributed by atoms with Crippen LogP contribution in [0, 0.1) is 5.92 Å². The van der Waals surface area contributed by atoms with Crippen LogP contribution in [0.4, 0.5) is 0 Å². The van der Waals surface area contributed by atoms with E-state index in [1.54, 1.807) is 0 Å². The summed E-state index contributed by atoms with van der Waals surface area (Å²) < 4.78 is 1.03. The largest absolute Gasteiger partial charge is 0.351 e. The van der Waals surface area contributed by atoms with Gasteiger partial charge in [0, 0.05) is 11.0 Å². The summed E-state index contributed by atoms with van der Waals surface area (Å²) in [6.45, 7) is 1.97. The summed E-state index contributed by atoms with van der Waals surface area (Å²) in [5.74, 6) is 0.868. The molecule has 1 amide bonds. The molecule has 2 rings (SSSR count). The molecule has 1 saturated carbocycles. The molecule has 0 aliphatic heterocycles. The molecule has 0 bridgehead atoms. The maximum absolute atomic E-state index is 11.5. The predicted octanol–water partition coefficient (Wildman–Crippen LogP) is 2.06. The number of rotatable bonds is 6. The van der Waals surface area contributed by atoms with Crippen LogP contribution in [0.5, 0.6) is 0 Å². The summed E-state index contributed by atoms with van der Waals surface area (Å²) >= 11 is 3.46. The number of amides is 1. The van der Waals surface area contributed by atoms with E-state index in [0.717, 1.165) is 22.5 Å². The molecule has 4 heteroatoms. The van der Waals surface area contributed by atoms with E-state index in [1.807, 2.05) is 24.3 Å². The Labute approximate surface area is 110 Å². The van der Waals surface area contributed by atoms with Gasteiger partial charge in [0.2, 0.25) is 5.91 Å². The molecule has 1 aromatic carbocycles. The Balaban J connectivity index is 1.66. The van der Waals surface area contributed by atoms with Crippen molar-refractivity contribution in [2.24, 2.45) is 5.92 Å². The second kappa shape index (κ2) is 6.17. The van der Waals surface area contributed by atoms with Gasteiger partial charge in [0.05, 0.1) is 6.54 Å². The molecule has 92 valence electrons. The highest BCUT2D eigenvalue weighted by molar-refractivity contribution is 9.10. The van der Waals surface area contributed by atoms with E-state index in [-0.39, 0.29) is 5.91 Å². The van der Waals surface area contributed by atoms with Crippen LogP contribution in [0.1, 0.15) is 18.4 Å². The highest BCUT2D eigenvalue weighted by atomic mass is 79.9. The maximum atomic E-state index is 11.5. The molecule has 0 spiro atoms. The molecule has 0 saturated heterocycles. The summed E-state index contributed by atoms with van der Waals surface area (Å²) in [6.07, 6.45) is 2.62. The number of carbonyl (C=O) groups excluding carboxylic acids is 1. The smallest absolute Gasteiger partial charge is 0.234 e. The zero-order valence-electron chi connectivity index (χ0n) is 9.71. The van der Waals surface area contributed by atoms with E-state index in [9.17, 15) is 4.79 Å². The fraction of sp³-hybridized carbons (Fsp3) is 0.462. The van der Waals surface area contributed by atoms with Gasteiger partial charge in [0.15, 0.2) is 0 Å². The monoisotopic (exact) mass is 296 g/mol. The van der Waals surface area contributed by atoms with E-state index < -0.39 is 0 Å². The van der Waals surface area contributed by atoms with E-state index >= 15 is 0 Å². The van der Waals surface area contributed by atoms with Crippen molar-refractivity contribution in [2.75, 3.05) is 13.1 Å². The van der Waals surface area contributed by atoms with Crippen LogP contribution in [-0.4, -0.2) is 19.0 Å². The molecule has 17 heavy (non-hydrogen) atoms. The molecular weight excluding hydrogens is 280 g/mol. The van der Waals surface area contributed by atoms with Crippen molar-refractivity contribution in [3.63, 3.8) is 0 Å². The number of carbonyl (C=O) groups is 1. The fourth-order valence-electron chi connectivity index (χ4n) is 1.61. The minimum absolute atomic E-state index is 0.0569. The van der Waals surface area contributed by atoms with Gasteiger partial charge in [-0.15, -0.1) is 0 Å². The summed E-state index contributed by atoms with van der Waals surface area (Å²) in [4.78, 5) is 11.5. The van der Waals surface area contributed by atoms with Crippen molar-refractivity contribution < 1.29 is 4.79 Å². The summed E-state index contributed by atoms with van der Waals surface area (Å²) in [7, 11) is 0. The van der Waals surface area contributed by atoms with Gasteiger partial charge in [0.1, 0.15) is 0 Å². The van der Waals surface area contributed by atoms with E-state index in [2.05, 4.69) is 26.6 Å². The molecule has 0 aromatic heterocycles. The lowest BCUT2D eigenvalue weighted by atomic mass is 10.2. The first-order valence-corrected chi connectivity index (χ1v) is 6.76. The third kappa shape index (κ3) is 4.48. The summed E-state index contributed by atoms with van der Waals surface area (Å²) in [5, 5.41) is 6.08. The van der Waals surface area contributed by atoms with Gasteiger partial charge in [0.25, 0.3) is 0 Å². The molecule has 0 unspecified atom stereocenters. The molecule has 3 nitrogen and oxygen atoms in total. The Morgan fingerprint density at radius 3 is 2.82 bits per heavy atom. The molecule has 1 fully saturated rings. The van der Waals surface area contributed by atoms with Crippen molar-refractivity contribution in [1.29, 1.82) is 0 Å². The second-order valence-electron chi connectivity index (χ2n) is 4.44. The number of nitrogens with one attached hydrogen (secondary N) is 2. The van der Waals surface area contributed by atoms with Crippen LogP contribution in [-0.2, 0) is 11.3 Å². The maximum Gasteiger partial charge on any atom is 0.234 e. The minimum Gasteiger partial charge on any atom is -0.351 e. The standard InChI is InChI=1S/C13H17BrN2O/c14-12-4-2-1-3-11(12)8-16-13(17)9-15-7-10-5-6-10/h1-4,10,15H,5-9H2,(H,16,17). The fourth-order valence-corrected chi connectivity index (χ4v) is 2.03. The normalized spacial score (nSPS) is 14.6. The zero-order chi connectivity index (χ0) is 12.1. The van der Waals surface area contributed by atoms with Gasteiger partial charge in [-0.2, -0.15) is 0 Å². The molecule has 0 radical (unpaired) electrons. The number of benzene rings is 1.